The maximum absolute atomic E-state index is 10.9. The molecule has 0 spiro atoms. The first-order valence-corrected chi connectivity index (χ1v) is 4.32. The van der Waals surface area contributed by atoms with Crippen LogP contribution in [-0.2, 0) is 9.53 Å². The lowest BCUT2D eigenvalue weighted by atomic mass is 10.3. The maximum Gasteiger partial charge on any atom is 0.329 e. The third kappa shape index (κ3) is 2.11. The standard InChI is InChI=1S/C6H9NO3S/c1-2-10-5(8)4-3-11-6(9)7-4/h4H,2-3H2,1H3,(H,7,9)/t4-/m1/s1. The number of ether oxygens (including phenoxy) is 1. The van der Waals surface area contributed by atoms with Gasteiger partial charge in [-0.15, -0.1) is 0 Å². The van der Waals surface area contributed by atoms with Crippen LogP contribution in [0.5, 0.6) is 0 Å². The molecule has 1 fully saturated rings. The average Bonchev–Trinajstić information content (AvgIpc) is 2.36. The third-order valence-electron chi connectivity index (χ3n) is 1.24. The summed E-state index contributed by atoms with van der Waals surface area (Å²) >= 11 is 1.11. The predicted octanol–water partition coefficient (Wildman–Crippen LogP) is 0.374. The molecule has 1 rings (SSSR count). The van der Waals surface area contributed by atoms with Crippen molar-refractivity contribution in [3.05, 3.63) is 0 Å². The van der Waals surface area contributed by atoms with Gasteiger partial charge in [0.1, 0.15) is 6.04 Å². The van der Waals surface area contributed by atoms with E-state index in [2.05, 4.69) is 5.32 Å². The molecule has 5 heteroatoms. The molecule has 0 aliphatic carbocycles. The highest BCUT2D eigenvalue weighted by molar-refractivity contribution is 8.14. The Kier molecular flexibility index (Phi) is 2.76. The van der Waals surface area contributed by atoms with Crippen molar-refractivity contribution in [2.24, 2.45) is 0 Å². The molecule has 1 atom stereocenters. The van der Waals surface area contributed by atoms with Gasteiger partial charge in [-0.05, 0) is 6.92 Å². The van der Waals surface area contributed by atoms with Crippen LogP contribution in [0, 0.1) is 0 Å². The minimum atomic E-state index is -0.438. The van der Waals surface area contributed by atoms with Crippen LogP contribution in [0.15, 0.2) is 0 Å². The van der Waals surface area contributed by atoms with E-state index in [0.717, 1.165) is 11.8 Å². The fraction of sp³-hybridized carbons (Fsp3) is 0.667. The molecule has 0 bridgehead atoms. The van der Waals surface area contributed by atoms with Gasteiger partial charge in [0.25, 0.3) is 5.24 Å². The second-order valence-electron chi connectivity index (χ2n) is 2.05. The number of rotatable bonds is 2. The topological polar surface area (TPSA) is 55.4 Å². The Labute approximate surface area is 68.7 Å². The number of thioether (sulfide) groups is 1. The molecule has 0 saturated carbocycles. The summed E-state index contributed by atoms with van der Waals surface area (Å²) in [5.74, 6) is 0.142. The average molecular weight is 175 g/mol. The van der Waals surface area contributed by atoms with Crippen molar-refractivity contribution in [2.45, 2.75) is 13.0 Å². The molecular weight excluding hydrogens is 166 g/mol. The van der Waals surface area contributed by atoms with E-state index in [-0.39, 0.29) is 11.2 Å². The smallest absolute Gasteiger partial charge is 0.329 e. The van der Waals surface area contributed by atoms with E-state index in [1.54, 1.807) is 6.92 Å². The van der Waals surface area contributed by atoms with Crippen LogP contribution in [0.3, 0.4) is 0 Å². The second kappa shape index (κ2) is 3.61. The van der Waals surface area contributed by atoms with Crippen molar-refractivity contribution in [2.75, 3.05) is 12.4 Å². The molecule has 1 aliphatic rings. The molecule has 1 amide bonds. The molecule has 1 heterocycles. The van der Waals surface area contributed by atoms with E-state index in [1.807, 2.05) is 0 Å². The van der Waals surface area contributed by atoms with Gasteiger partial charge in [-0.1, -0.05) is 11.8 Å². The number of hydrogen-bond donors (Lipinski definition) is 1. The van der Waals surface area contributed by atoms with E-state index in [0.29, 0.717) is 12.4 Å². The Morgan fingerprint density at radius 3 is 3.09 bits per heavy atom. The highest BCUT2D eigenvalue weighted by Crippen LogP contribution is 2.13. The summed E-state index contributed by atoms with van der Waals surface area (Å²) in [6.45, 7) is 2.09. The van der Waals surface area contributed by atoms with Crippen LogP contribution in [-0.4, -0.2) is 29.6 Å². The SMILES string of the molecule is CCOC(=O)[C@H]1CSC(=O)N1. The van der Waals surface area contributed by atoms with Gasteiger partial charge in [0.2, 0.25) is 0 Å². The summed E-state index contributed by atoms with van der Waals surface area (Å²) in [5.41, 5.74) is 0. The lowest BCUT2D eigenvalue weighted by Gasteiger charge is -2.06. The summed E-state index contributed by atoms with van der Waals surface area (Å²) in [5, 5.41) is 2.34. The third-order valence-corrected chi connectivity index (χ3v) is 2.12. The monoisotopic (exact) mass is 175 g/mol. The summed E-state index contributed by atoms with van der Waals surface area (Å²) in [7, 11) is 0. The fourth-order valence-corrected chi connectivity index (χ4v) is 1.52. The van der Waals surface area contributed by atoms with Gasteiger partial charge < -0.3 is 10.1 Å². The highest BCUT2D eigenvalue weighted by atomic mass is 32.2. The molecule has 1 aliphatic heterocycles. The van der Waals surface area contributed by atoms with Crippen LogP contribution in [0.1, 0.15) is 6.92 Å². The molecule has 1 saturated heterocycles. The van der Waals surface area contributed by atoms with E-state index in [1.165, 1.54) is 0 Å². The summed E-state index contributed by atoms with van der Waals surface area (Å²) < 4.78 is 4.71. The number of esters is 1. The van der Waals surface area contributed by atoms with Crippen molar-refractivity contribution in [1.82, 2.24) is 5.32 Å². The second-order valence-corrected chi connectivity index (χ2v) is 3.04. The van der Waals surface area contributed by atoms with Gasteiger partial charge in [-0.25, -0.2) is 4.79 Å². The first kappa shape index (κ1) is 8.39. The maximum atomic E-state index is 10.9. The number of hydrogen-bond acceptors (Lipinski definition) is 4. The number of carbonyl (C=O) groups is 2. The van der Waals surface area contributed by atoms with Crippen LogP contribution in [0.2, 0.25) is 0 Å². The van der Waals surface area contributed by atoms with Crippen LogP contribution in [0.4, 0.5) is 4.79 Å². The molecular formula is C6H9NO3S. The van der Waals surface area contributed by atoms with E-state index in [9.17, 15) is 9.59 Å². The Morgan fingerprint density at radius 1 is 1.91 bits per heavy atom. The zero-order valence-corrected chi connectivity index (χ0v) is 6.94. The van der Waals surface area contributed by atoms with Crippen molar-refractivity contribution in [1.29, 1.82) is 0 Å². The molecule has 0 aromatic heterocycles. The van der Waals surface area contributed by atoms with E-state index < -0.39 is 6.04 Å². The lowest BCUT2D eigenvalue weighted by molar-refractivity contribution is -0.144. The molecule has 62 valence electrons. The molecule has 4 nitrogen and oxygen atoms in total. The van der Waals surface area contributed by atoms with Gasteiger partial charge in [0.15, 0.2) is 0 Å². The van der Waals surface area contributed by atoms with Gasteiger partial charge in [-0.2, -0.15) is 0 Å². The van der Waals surface area contributed by atoms with Crippen molar-refractivity contribution < 1.29 is 14.3 Å². The first-order chi connectivity index (χ1) is 5.24. The van der Waals surface area contributed by atoms with E-state index in [4.69, 9.17) is 4.74 Å². The van der Waals surface area contributed by atoms with Crippen molar-refractivity contribution >= 4 is 23.0 Å². The molecule has 11 heavy (non-hydrogen) atoms. The Balaban J connectivity index is 2.37. The predicted molar refractivity (Wildman–Crippen MR) is 41.4 cm³/mol. The van der Waals surface area contributed by atoms with Crippen molar-refractivity contribution in [3.8, 4) is 0 Å². The van der Waals surface area contributed by atoms with Crippen LogP contribution < -0.4 is 5.32 Å². The lowest BCUT2D eigenvalue weighted by Crippen LogP contribution is -2.35. The van der Waals surface area contributed by atoms with Gasteiger partial charge in [0.05, 0.1) is 6.61 Å². The van der Waals surface area contributed by atoms with Crippen molar-refractivity contribution in [3.63, 3.8) is 0 Å². The Bertz CT molecular complexity index is 183. The van der Waals surface area contributed by atoms with Gasteiger partial charge in [0, 0.05) is 5.75 Å². The van der Waals surface area contributed by atoms with Gasteiger partial charge >= 0.3 is 5.97 Å². The number of amides is 1. The first-order valence-electron chi connectivity index (χ1n) is 3.34. The molecule has 0 unspecified atom stereocenters. The molecule has 0 aromatic rings. The van der Waals surface area contributed by atoms with E-state index >= 15 is 0 Å². The summed E-state index contributed by atoms with van der Waals surface area (Å²) in [6.07, 6.45) is 0. The normalized spacial score (nSPS) is 23.0. The minimum Gasteiger partial charge on any atom is -0.464 e. The Hall–Kier alpha value is -0.710. The van der Waals surface area contributed by atoms with Crippen LogP contribution in [0.25, 0.3) is 0 Å². The zero-order chi connectivity index (χ0) is 8.27. The number of carbonyl (C=O) groups excluding carboxylic acids is 2. The number of nitrogens with one attached hydrogen (secondary N) is 1. The van der Waals surface area contributed by atoms with Gasteiger partial charge in [-0.3, -0.25) is 4.79 Å². The molecule has 0 radical (unpaired) electrons. The van der Waals surface area contributed by atoms with Crippen LogP contribution >= 0.6 is 11.8 Å². The summed E-state index contributed by atoms with van der Waals surface area (Å²) in [6, 6.07) is -0.438. The summed E-state index contributed by atoms with van der Waals surface area (Å²) in [4.78, 5) is 21.5. The molecule has 0 aromatic carbocycles. The fourth-order valence-electron chi connectivity index (χ4n) is 0.754. The quantitative estimate of drug-likeness (QED) is 0.616. The Morgan fingerprint density at radius 2 is 2.64 bits per heavy atom. The highest BCUT2D eigenvalue weighted by Gasteiger charge is 2.28. The largest absolute Gasteiger partial charge is 0.464 e. The molecule has 1 N–H and O–H groups in total. The minimum absolute atomic E-state index is 0.150. The zero-order valence-electron chi connectivity index (χ0n) is 6.12.